The summed E-state index contributed by atoms with van der Waals surface area (Å²) < 4.78 is 37.7. The molecule has 1 aromatic rings. The highest BCUT2D eigenvalue weighted by molar-refractivity contribution is 7.92. The van der Waals surface area contributed by atoms with E-state index in [1.807, 2.05) is 6.92 Å². The molecular formula is C12H15FO4S. The monoisotopic (exact) mass is 274 g/mol. The molecule has 0 aliphatic heterocycles. The van der Waals surface area contributed by atoms with Gasteiger partial charge in [-0.05, 0) is 31.5 Å². The predicted molar refractivity (Wildman–Crippen MR) is 64.9 cm³/mol. The first-order valence-corrected chi connectivity index (χ1v) is 7.12. The van der Waals surface area contributed by atoms with Crippen molar-refractivity contribution in [1.82, 2.24) is 0 Å². The number of carboxylic acid groups (broad SMARTS) is 1. The molecule has 1 rings (SSSR count). The Labute approximate surface area is 105 Å². The molecule has 0 fully saturated rings. The third kappa shape index (κ3) is 2.87. The number of halogens is 1. The Morgan fingerprint density at radius 1 is 1.44 bits per heavy atom. The van der Waals surface area contributed by atoms with Crippen LogP contribution in [0.25, 0.3) is 0 Å². The molecule has 1 N–H and O–H groups in total. The second-order valence-electron chi connectivity index (χ2n) is 4.09. The van der Waals surface area contributed by atoms with Crippen LogP contribution in [0.3, 0.4) is 0 Å². The van der Waals surface area contributed by atoms with Crippen molar-refractivity contribution in [2.75, 3.05) is 0 Å². The number of benzene rings is 1. The second-order valence-corrected chi connectivity index (χ2v) is 6.43. The van der Waals surface area contributed by atoms with Gasteiger partial charge >= 0.3 is 5.97 Å². The van der Waals surface area contributed by atoms with E-state index in [2.05, 4.69) is 0 Å². The van der Waals surface area contributed by atoms with Crippen LogP contribution < -0.4 is 0 Å². The molecule has 0 aliphatic carbocycles. The van der Waals surface area contributed by atoms with Crippen molar-refractivity contribution >= 4 is 15.8 Å². The van der Waals surface area contributed by atoms with E-state index < -0.39 is 31.8 Å². The maximum absolute atomic E-state index is 13.6. The third-order valence-corrected chi connectivity index (χ3v) is 4.93. The SMILES string of the molecule is CCCC(C)S(=O)(=O)c1cc(C(=O)O)ccc1F. The first kappa shape index (κ1) is 14.6. The molecule has 100 valence electrons. The second kappa shape index (κ2) is 5.48. The molecule has 18 heavy (non-hydrogen) atoms. The Morgan fingerprint density at radius 3 is 2.56 bits per heavy atom. The van der Waals surface area contributed by atoms with Crippen LogP contribution in [-0.4, -0.2) is 24.7 Å². The highest BCUT2D eigenvalue weighted by Crippen LogP contribution is 2.23. The van der Waals surface area contributed by atoms with Gasteiger partial charge in [0.2, 0.25) is 0 Å². The molecule has 0 spiro atoms. The summed E-state index contributed by atoms with van der Waals surface area (Å²) >= 11 is 0. The summed E-state index contributed by atoms with van der Waals surface area (Å²) in [5.41, 5.74) is -0.237. The molecule has 0 aliphatic rings. The van der Waals surface area contributed by atoms with Crippen molar-refractivity contribution < 1.29 is 22.7 Å². The van der Waals surface area contributed by atoms with Gasteiger partial charge in [-0.2, -0.15) is 0 Å². The van der Waals surface area contributed by atoms with Crippen molar-refractivity contribution in [3.8, 4) is 0 Å². The molecule has 0 saturated carbocycles. The quantitative estimate of drug-likeness (QED) is 0.895. The van der Waals surface area contributed by atoms with E-state index >= 15 is 0 Å². The van der Waals surface area contributed by atoms with Crippen LogP contribution in [0.5, 0.6) is 0 Å². The fourth-order valence-corrected chi connectivity index (χ4v) is 3.24. The molecule has 0 amide bonds. The topological polar surface area (TPSA) is 71.4 Å². The molecule has 0 bridgehead atoms. The first-order chi connectivity index (χ1) is 8.30. The summed E-state index contributed by atoms with van der Waals surface area (Å²) in [5, 5.41) is 8.06. The molecule has 1 aromatic carbocycles. The normalized spacial score (nSPS) is 13.3. The van der Waals surface area contributed by atoms with Crippen molar-refractivity contribution in [2.24, 2.45) is 0 Å². The minimum atomic E-state index is -3.83. The van der Waals surface area contributed by atoms with Crippen LogP contribution in [0.4, 0.5) is 4.39 Å². The zero-order valence-electron chi connectivity index (χ0n) is 10.2. The molecular weight excluding hydrogens is 259 g/mol. The average molecular weight is 274 g/mol. The number of aromatic carboxylic acids is 1. The van der Waals surface area contributed by atoms with Gasteiger partial charge in [-0.1, -0.05) is 13.3 Å². The number of hydrogen-bond donors (Lipinski definition) is 1. The number of rotatable bonds is 5. The van der Waals surface area contributed by atoms with Gasteiger partial charge in [-0.25, -0.2) is 17.6 Å². The van der Waals surface area contributed by atoms with Gasteiger partial charge in [0.05, 0.1) is 10.8 Å². The Kier molecular flexibility index (Phi) is 4.45. The smallest absolute Gasteiger partial charge is 0.335 e. The lowest BCUT2D eigenvalue weighted by Crippen LogP contribution is -2.19. The summed E-state index contributed by atoms with van der Waals surface area (Å²) in [6.07, 6.45) is 1.06. The number of hydrogen-bond acceptors (Lipinski definition) is 3. The maximum atomic E-state index is 13.6. The van der Waals surface area contributed by atoms with Crippen LogP contribution in [-0.2, 0) is 9.84 Å². The minimum Gasteiger partial charge on any atom is -0.478 e. The van der Waals surface area contributed by atoms with Crippen molar-refractivity contribution in [2.45, 2.75) is 36.8 Å². The maximum Gasteiger partial charge on any atom is 0.335 e. The summed E-state index contributed by atoms with van der Waals surface area (Å²) in [4.78, 5) is 10.2. The van der Waals surface area contributed by atoms with Crippen molar-refractivity contribution in [1.29, 1.82) is 0 Å². The van der Waals surface area contributed by atoms with Gasteiger partial charge < -0.3 is 5.11 Å². The minimum absolute atomic E-state index is 0.237. The van der Waals surface area contributed by atoms with Crippen LogP contribution in [0.15, 0.2) is 23.1 Å². The summed E-state index contributed by atoms with van der Waals surface area (Å²) in [5.74, 6) is -2.20. The lowest BCUT2D eigenvalue weighted by atomic mass is 10.2. The van der Waals surface area contributed by atoms with E-state index in [1.165, 1.54) is 6.92 Å². The summed E-state index contributed by atoms with van der Waals surface area (Å²) in [7, 11) is -3.83. The van der Waals surface area contributed by atoms with Crippen molar-refractivity contribution in [3.05, 3.63) is 29.6 Å². The van der Waals surface area contributed by atoms with E-state index in [4.69, 9.17) is 5.11 Å². The molecule has 1 unspecified atom stereocenters. The van der Waals surface area contributed by atoms with Crippen LogP contribution in [0, 0.1) is 5.82 Å². The van der Waals surface area contributed by atoms with E-state index in [0.29, 0.717) is 12.8 Å². The number of carboxylic acids is 1. The Balaban J connectivity index is 3.31. The van der Waals surface area contributed by atoms with Gasteiger partial charge in [0, 0.05) is 0 Å². The largest absolute Gasteiger partial charge is 0.478 e. The van der Waals surface area contributed by atoms with Gasteiger partial charge in [-0.3, -0.25) is 0 Å². The van der Waals surface area contributed by atoms with Crippen LogP contribution in [0.2, 0.25) is 0 Å². The average Bonchev–Trinajstić information content (AvgIpc) is 2.29. The molecule has 0 aromatic heterocycles. The molecule has 0 heterocycles. The Hall–Kier alpha value is -1.43. The first-order valence-electron chi connectivity index (χ1n) is 5.57. The lowest BCUT2D eigenvalue weighted by Gasteiger charge is -2.13. The standard InChI is InChI=1S/C12H15FO4S/c1-3-4-8(2)18(16,17)11-7-9(12(14)15)5-6-10(11)13/h5-8H,3-4H2,1-2H3,(H,14,15). The fourth-order valence-electron chi connectivity index (χ4n) is 1.63. The van der Waals surface area contributed by atoms with E-state index in [0.717, 1.165) is 18.2 Å². The molecule has 0 saturated heterocycles. The van der Waals surface area contributed by atoms with Crippen molar-refractivity contribution in [3.63, 3.8) is 0 Å². The zero-order valence-corrected chi connectivity index (χ0v) is 11.0. The van der Waals surface area contributed by atoms with E-state index in [-0.39, 0.29) is 5.56 Å². The van der Waals surface area contributed by atoms with E-state index in [1.54, 1.807) is 0 Å². The highest BCUT2D eigenvalue weighted by atomic mass is 32.2. The van der Waals surface area contributed by atoms with E-state index in [9.17, 15) is 17.6 Å². The third-order valence-electron chi connectivity index (χ3n) is 2.71. The molecule has 4 nitrogen and oxygen atoms in total. The van der Waals surface area contributed by atoms with Crippen LogP contribution >= 0.6 is 0 Å². The Bertz CT molecular complexity index is 551. The number of sulfone groups is 1. The van der Waals surface area contributed by atoms with Crippen LogP contribution in [0.1, 0.15) is 37.0 Å². The number of carbonyl (C=O) groups is 1. The molecule has 6 heteroatoms. The van der Waals surface area contributed by atoms with Gasteiger partial charge in [-0.15, -0.1) is 0 Å². The van der Waals surface area contributed by atoms with Gasteiger partial charge in [0.1, 0.15) is 10.7 Å². The molecule has 0 radical (unpaired) electrons. The van der Waals surface area contributed by atoms with Gasteiger partial charge in [0.15, 0.2) is 9.84 Å². The fraction of sp³-hybridized carbons (Fsp3) is 0.417. The summed E-state index contributed by atoms with van der Waals surface area (Å²) in [6.45, 7) is 3.32. The lowest BCUT2D eigenvalue weighted by molar-refractivity contribution is 0.0696. The van der Waals surface area contributed by atoms with Gasteiger partial charge in [0.25, 0.3) is 0 Å². The highest BCUT2D eigenvalue weighted by Gasteiger charge is 2.26. The summed E-state index contributed by atoms with van der Waals surface area (Å²) in [6, 6.07) is 2.79. The predicted octanol–water partition coefficient (Wildman–Crippen LogP) is 2.49. The Morgan fingerprint density at radius 2 is 2.06 bits per heavy atom. The molecule has 1 atom stereocenters. The zero-order chi connectivity index (χ0) is 13.9.